The Morgan fingerprint density at radius 3 is 2.25 bits per heavy atom. The minimum absolute atomic E-state index is 0.722. The molecule has 0 rings (SSSR count). The number of allylic oxidation sites excluding steroid dienone is 7. The summed E-state index contributed by atoms with van der Waals surface area (Å²) in [5, 5.41) is 9.66. The molecule has 0 saturated carbocycles. The van der Waals surface area contributed by atoms with Crippen LogP contribution in [0.2, 0.25) is 0 Å². The van der Waals surface area contributed by atoms with E-state index < -0.39 is 5.60 Å². The standard InChI is InChI=1S/C15H24O/c1-5-6-7-8-9-10-11-12-13-14(2)15(3,4)16/h5-6,9-13,16H,7-8H2,1-4H3. The molecule has 0 amide bonds. The molecule has 0 aromatic rings. The minimum Gasteiger partial charge on any atom is -0.386 e. The Balaban J connectivity index is 3.94. The van der Waals surface area contributed by atoms with Gasteiger partial charge in [0.1, 0.15) is 0 Å². The van der Waals surface area contributed by atoms with Gasteiger partial charge in [0.25, 0.3) is 0 Å². The highest BCUT2D eigenvalue weighted by molar-refractivity contribution is 5.20. The minimum atomic E-state index is -0.722. The molecule has 16 heavy (non-hydrogen) atoms. The molecule has 0 aromatic carbocycles. The molecule has 0 unspecified atom stereocenters. The zero-order valence-electron chi connectivity index (χ0n) is 10.9. The van der Waals surface area contributed by atoms with Crippen LogP contribution >= 0.6 is 0 Å². The quantitative estimate of drug-likeness (QED) is 0.404. The van der Waals surface area contributed by atoms with E-state index in [1.54, 1.807) is 13.8 Å². The zero-order valence-corrected chi connectivity index (χ0v) is 10.9. The van der Waals surface area contributed by atoms with Crippen molar-refractivity contribution in [1.29, 1.82) is 0 Å². The second-order valence-electron chi connectivity index (χ2n) is 4.37. The van der Waals surface area contributed by atoms with E-state index in [1.165, 1.54) is 0 Å². The summed E-state index contributed by atoms with van der Waals surface area (Å²) in [6.45, 7) is 7.55. The summed E-state index contributed by atoms with van der Waals surface area (Å²) in [5.74, 6) is 0. The van der Waals surface area contributed by atoms with Crippen LogP contribution in [0.3, 0.4) is 0 Å². The third-order valence-corrected chi connectivity index (χ3v) is 2.41. The van der Waals surface area contributed by atoms with Gasteiger partial charge in [0, 0.05) is 0 Å². The topological polar surface area (TPSA) is 20.2 Å². The zero-order chi connectivity index (χ0) is 12.4. The van der Waals surface area contributed by atoms with Crippen molar-refractivity contribution in [3.05, 3.63) is 48.1 Å². The maximum absolute atomic E-state index is 9.66. The normalized spacial score (nSPS) is 14.7. The third kappa shape index (κ3) is 8.25. The highest BCUT2D eigenvalue weighted by Gasteiger charge is 2.13. The Hall–Kier alpha value is -1.08. The summed E-state index contributed by atoms with van der Waals surface area (Å²) < 4.78 is 0. The Labute approximate surface area is 99.9 Å². The van der Waals surface area contributed by atoms with E-state index in [4.69, 9.17) is 0 Å². The van der Waals surface area contributed by atoms with Crippen molar-refractivity contribution in [1.82, 2.24) is 0 Å². The van der Waals surface area contributed by atoms with E-state index in [0.717, 1.165) is 18.4 Å². The molecule has 0 heterocycles. The van der Waals surface area contributed by atoms with Gasteiger partial charge in [-0.05, 0) is 46.1 Å². The van der Waals surface area contributed by atoms with Crippen LogP contribution in [0.1, 0.15) is 40.5 Å². The van der Waals surface area contributed by atoms with Gasteiger partial charge < -0.3 is 5.11 Å². The van der Waals surface area contributed by atoms with Crippen LogP contribution in [-0.2, 0) is 0 Å². The van der Waals surface area contributed by atoms with Gasteiger partial charge in [-0.25, -0.2) is 0 Å². The Kier molecular flexibility index (Phi) is 7.57. The lowest BCUT2D eigenvalue weighted by Crippen LogP contribution is -2.19. The summed E-state index contributed by atoms with van der Waals surface area (Å²) in [6, 6.07) is 0. The average molecular weight is 220 g/mol. The van der Waals surface area contributed by atoms with Crippen molar-refractivity contribution in [2.75, 3.05) is 0 Å². The average Bonchev–Trinajstić information content (AvgIpc) is 2.20. The van der Waals surface area contributed by atoms with Gasteiger partial charge in [0.15, 0.2) is 0 Å². The lowest BCUT2D eigenvalue weighted by Gasteiger charge is -2.17. The fraction of sp³-hybridized carbons (Fsp3) is 0.467. The number of rotatable bonds is 6. The largest absolute Gasteiger partial charge is 0.386 e. The first-order valence-corrected chi connectivity index (χ1v) is 5.82. The van der Waals surface area contributed by atoms with Gasteiger partial charge in [-0.15, -0.1) is 0 Å². The first kappa shape index (κ1) is 14.9. The number of aliphatic hydroxyl groups is 1. The lowest BCUT2D eigenvalue weighted by molar-refractivity contribution is 0.120. The van der Waals surface area contributed by atoms with E-state index in [9.17, 15) is 5.11 Å². The van der Waals surface area contributed by atoms with Crippen molar-refractivity contribution >= 4 is 0 Å². The molecule has 0 spiro atoms. The molecular weight excluding hydrogens is 196 g/mol. The molecule has 0 bridgehead atoms. The molecule has 0 aromatic heterocycles. The van der Waals surface area contributed by atoms with E-state index in [0.29, 0.717) is 0 Å². The van der Waals surface area contributed by atoms with Crippen molar-refractivity contribution in [2.45, 2.75) is 46.1 Å². The van der Waals surface area contributed by atoms with Crippen LogP contribution in [0, 0.1) is 0 Å². The molecule has 0 radical (unpaired) electrons. The van der Waals surface area contributed by atoms with Crippen molar-refractivity contribution < 1.29 is 5.11 Å². The van der Waals surface area contributed by atoms with Crippen molar-refractivity contribution in [3.63, 3.8) is 0 Å². The van der Waals surface area contributed by atoms with Crippen LogP contribution in [0.5, 0.6) is 0 Å². The second-order valence-corrected chi connectivity index (χ2v) is 4.37. The number of unbranched alkanes of at least 4 members (excludes halogenated alkanes) is 1. The van der Waals surface area contributed by atoms with Gasteiger partial charge in [0.05, 0.1) is 5.60 Å². The maximum atomic E-state index is 9.66. The third-order valence-electron chi connectivity index (χ3n) is 2.41. The molecule has 0 atom stereocenters. The molecule has 0 aliphatic rings. The second kappa shape index (κ2) is 8.12. The van der Waals surface area contributed by atoms with E-state index >= 15 is 0 Å². The molecule has 1 heteroatoms. The monoisotopic (exact) mass is 220 g/mol. The SMILES string of the molecule is CC=CCCC=CC=CC=C(C)C(C)(C)O. The van der Waals surface area contributed by atoms with E-state index in [-0.39, 0.29) is 0 Å². The van der Waals surface area contributed by atoms with Crippen molar-refractivity contribution in [3.8, 4) is 0 Å². The van der Waals surface area contributed by atoms with Crippen LogP contribution in [-0.4, -0.2) is 10.7 Å². The Bertz CT molecular complexity index is 285. The maximum Gasteiger partial charge on any atom is 0.0801 e. The van der Waals surface area contributed by atoms with Gasteiger partial charge in [-0.2, -0.15) is 0 Å². The highest BCUT2D eigenvalue weighted by Crippen LogP contribution is 2.13. The molecule has 1 nitrogen and oxygen atoms in total. The van der Waals surface area contributed by atoms with Gasteiger partial charge >= 0.3 is 0 Å². The van der Waals surface area contributed by atoms with Crippen molar-refractivity contribution in [2.24, 2.45) is 0 Å². The first-order valence-electron chi connectivity index (χ1n) is 5.82. The summed E-state index contributed by atoms with van der Waals surface area (Å²) >= 11 is 0. The van der Waals surface area contributed by atoms with Crippen LogP contribution in [0.4, 0.5) is 0 Å². The summed E-state index contributed by atoms with van der Waals surface area (Å²) in [7, 11) is 0. The van der Waals surface area contributed by atoms with Gasteiger partial charge in [-0.3, -0.25) is 0 Å². The fourth-order valence-electron chi connectivity index (χ4n) is 1.00. The molecule has 0 aliphatic heterocycles. The predicted molar refractivity (Wildman–Crippen MR) is 72.4 cm³/mol. The summed E-state index contributed by atoms with van der Waals surface area (Å²) in [6.07, 6.45) is 16.5. The highest BCUT2D eigenvalue weighted by atomic mass is 16.3. The molecule has 90 valence electrons. The Morgan fingerprint density at radius 2 is 1.69 bits per heavy atom. The number of hydrogen-bond acceptors (Lipinski definition) is 1. The van der Waals surface area contributed by atoms with Crippen LogP contribution in [0.15, 0.2) is 48.1 Å². The van der Waals surface area contributed by atoms with E-state index in [2.05, 4.69) is 18.2 Å². The van der Waals surface area contributed by atoms with Gasteiger partial charge in [0.2, 0.25) is 0 Å². The van der Waals surface area contributed by atoms with Crippen LogP contribution < -0.4 is 0 Å². The smallest absolute Gasteiger partial charge is 0.0801 e. The molecular formula is C15H24O. The van der Waals surface area contributed by atoms with E-state index in [1.807, 2.05) is 38.2 Å². The summed E-state index contributed by atoms with van der Waals surface area (Å²) in [5.41, 5.74) is 0.242. The fourth-order valence-corrected chi connectivity index (χ4v) is 1.00. The molecule has 0 fully saturated rings. The Morgan fingerprint density at radius 1 is 1.06 bits per heavy atom. The van der Waals surface area contributed by atoms with Crippen LogP contribution in [0.25, 0.3) is 0 Å². The molecule has 0 saturated heterocycles. The van der Waals surface area contributed by atoms with Gasteiger partial charge in [-0.1, -0.05) is 42.5 Å². The lowest BCUT2D eigenvalue weighted by atomic mass is 10.00. The first-order chi connectivity index (χ1) is 7.48. The summed E-state index contributed by atoms with van der Waals surface area (Å²) in [4.78, 5) is 0. The molecule has 0 aliphatic carbocycles. The molecule has 1 N–H and O–H groups in total. The predicted octanol–water partition coefficient (Wildman–Crippen LogP) is 4.17. The number of hydrogen-bond donors (Lipinski definition) is 1.